The summed E-state index contributed by atoms with van der Waals surface area (Å²) in [6.45, 7) is 5.76. The molecule has 0 bridgehead atoms. The van der Waals surface area contributed by atoms with Crippen LogP contribution in [0.3, 0.4) is 0 Å². The molecule has 0 aliphatic heterocycles. The zero-order valence-corrected chi connectivity index (χ0v) is 14.7. The summed E-state index contributed by atoms with van der Waals surface area (Å²) in [4.78, 5) is 50.2. The maximum Gasteiger partial charge on any atom is 0.355 e. The Labute approximate surface area is 144 Å². The van der Waals surface area contributed by atoms with E-state index in [1.54, 1.807) is 0 Å². The molecule has 1 aromatic rings. The van der Waals surface area contributed by atoms with Gasteiger partial charge in [0.2, 0.25) is 0 Å². The monoisotopic (exact) mass is 352 g/mol. The molecule has 0 spiro atoms. The number of carbonyl (C=O) groups is 2. The van der Waals surface area contributed by atoms with Gasteiger partial charge in [-0.2, -0.15) is 0 Å². The summed E-state index contributed by atoms with van der Waals surface area (Å²) in [6.07, 6.45) is 2.73. The SMILES string of the molecule is CC(C)[C@H]1CC[C@H](C)C[C@@H]1OC(=O)COC(=O)c1cc(=O)[nH]c(=O)[nH]1. The van der Waals surface area contributed by atoms with Crippen LogP contribution in [-0.2, 0) is 14.3 Å². The van der Waals surface area contributed by atoms with Gasteiger partial charge in [0.15, 0.2) is 6.61 Å². The van der Waals surface area contributed by atoms with Gasteiger partial charge in [0, 0.05) is 6.07 Å². The highest BCUT2D eigenvalue weighted by atomic mass is 16.6. The lowest BCUT2D eigenvalue weighted by molar-refractivity contribution is -0.159. The van der Waals surface area contributed by atoms with Crippen molar-refractivity contribution < 1.29 is 19.1 Å². The Morgan fingerprint density at radius 1 is 1.24 bits per heavy atom. The van der Waals surface area contributed by atoms with Crippen LogP contribution in [0.25, 0.3) is 0 Å². The number of ether oxygens (including phenoxy) is 2. The number of hydrogen-bond donors (Lipinski definition) is 2. The van der Waals surface area contributed by atoms with Crippen LogP contribution >= 0.6 is 0 Å². The molecule has 8 nitrogen and oxygen atoms in total. The van der Waals surface area contributed by atoms with E-state index in [0.717, 1.165) is 25.3 Å². The minimum absolute atomic E-state index is 0.186. The molecule has 1 aliphatic carbocycles. The number of esters is 2. The van der Waals surface area contributed by atoms with E-state index in [1.807, 2.05) is 4.98 Å². The first-order chi connectivity index (χ1) is 11.8. The summed E-state index contributed by atoms with van der Waals surface area (Å²) < 4.78 is 10.3. The van der Waals surface area contributed by atoms with Gasteiger partial charge in [-0.3, -0.25) is 9.78 Å². The van der Waals surface area contributed by atoms with Crippen LogP contribution in [0.1, 0.15) is 50.5 Å². The molecule has 1 saturated carbocycles. The van der Waals surface area contributed by atoms with Gasteiger partial charge in [0.1, 0.15) is 11.8 Å². The maximum atomic E-state index is 12.0. The van der Waals surface area contributed by atoms with Crippen LogP contribution < -0.4 is 11.2 Å². The molecule has 1 fully saturated rings. The summed E-state index contributed by atoms with van der Waals surface area (Å²) in [6, 6.07) is 0.896. The lowest BCUT2D eigenvalue weighted by atomic mass is 9.75. The molecular weight excluding hydrogens is 328 g/mol. The van der Waals surface area contributed by atoms with E-state index >= 15 is 0 Å². The van der Waals surface area contributed by atoms with Crippen molar-refractivity contribution in [2.75, 3.05) is 6.61 Å². The normalized spacial score (nSPS) is 23.3. The Morgan fingerprint density at radius 3 is 2.60 bits per heavy atom. The highest BCUT2D eigenvalue weighted by Gasteiger charge is 2.33. The summed E-state index contributed by atoms with van der Waals surface area (Å²) in [5.74, 6) is -0.423. The largest absolute Gasteiger partial charge is 0.460 e. The minimum atomic E-state index is -0.961. The topological polar surface area (TPSA) is 118 Å². The van der Waals surface area contributed by atoms with E-state index in [2.05, 4.69) is 25.8 Å². The second kappa shape index (κ2) is 8.13. The number of aromatic nitrogens is 2. The van der Waals surface area contributed by atoms with Crippen LogP contribution in [0.2, 0.25) is 0 Å². The second-order valence-corrected chi connectivity index (χ2v) is 6.93. The second-order valence-electron chi connectivity index (χ2n) is 6.93. The van der Waals surface area contributed by atoms with Crippen molar-refractivity contribution in [2.45, 2.75) is 46.1 Å². The van der Waals surface area contributed by atoms with Crippen molar-refractivity contribution in [1.29, 1.82) is 0 Å². The Hall–Kier alpha value is -2.38. The zero-order valence-electron chi connectivity index (χ0n) is 14.7. The highest BCUT2D eigenvalue weighted by Crippen LogP contribution is 2.35. The van der Waals surface area contributed by atoms with Crippen molar-refractivity contribution in [3.05, 3.63) is 32.6 Å². The van der Waals surface area contributed by atoms with E-state index in [0.29, 0.717) is 17.8 Å². The first-order valence-electron chi connectivity index (χ1n) is 8.46. The van der Waals surface area contributed by atoms with Crippen molar-refractivity contribution in [2.24, 2.45) is 17.8 Å². The Bertz CT molecular complexity index is 707. The van der Waals surface area contributed by atoms with Gasteiger partial charge >= 0.3 is 17.6 Å². The molecule has 0 unspecified atom stereocenters. The minimum Gasteiger partial charge on any atom is -0.460 e. The number of carbonyl (C=O) groups excluding carboxylic acids is 2. The zero-order chi connectivity index (χ0) is 18.6. The molecule has 25 heavy (non-hydrogen) atoms. The molecule has 2 rings (SSSR count). The van der Waals surface area contributed by atoms with Crippen LogP contribution in [-0.4, -0.2) is 34.6 Å². The molecule has 1 heterocycles. The van der Waals surface area contributed by atoms with E-state index in [-0.39, 0.29) is 11.8 Å². The van der Waals surface area contributed by atoms with Gasteiger partial charge in [-0.1, -0.05) is 27.2 Å². The third-order valence-electron chi connectivity index (χ3n) is 4.55. The van der Waals surface area contributed by atoms with Crippen LogP contribution in [0.5, 0.6) is 0 Å². The first kappa shape index (κ1) is 19.0. The van der Waals surface area contributed by atoms with Crippen molar-refractivity contribution >= 4 is 11.9 Å². The van der Waals surface area contributed by atoms with Gasteiger partial charge in [0.05, 0.1) is 0 Å². The Balaban J connectivity index is 1.92. The predicted octanol–water partition coefficient (Wildman–Crippen LogP) is 1.22. The molecule has 0 saturated heterocycles. The van der Waals surface area contributed by atoms with E-state index in [1.165, 1.54) is 0 Å². The van der Waals surface area contributed by atoms with Gasteiger partial charge in [0.25, 0.3) is 5.56 Å². The molecule has 8 heteroatoms. The first-order valence-corrected chi connectivity index (χ1v) is 8.46. The van der Waals surface area contributed by atoms with Gasteiger partial charge in [-0.05, 0) is 30.6 Å². The maximum absolute atomic E-state index is 12.0. The molecule has 1 aromatic heterocycles. The molecule has 3 atom stereocenters. The molecule has 1 aliphatic rings. The lowest BCUT2D eigenvalue weighted by Gasteiger charge is -2.36. The summed E-state index contributed by atoms with van der Waals surface area (Å²) in [7, 11) is 0. The summed E-state index contributed by atoms with van der Waals surface area (Å²) >= 11 is 0. The predicted molar refractivity (Wildman–Crippen MR) is 89.2 cm³/mol. The fourth-order valence-electron chi connectivity index (χ4n) is 3.23. The smallest absolute Gasteiger partial charge is 0.355 e. The third kappa shape index (κ3) is 5.30. The van der Waals surface area contributed by atoms with Gasteiger partial charge in [-0.15, -0.1) is 0 Å². The molecule has 0 aromatic carbocycles. The Morgan fingerprint density at radius 2 is 1.96 bits per heavy atom. The van der Waals surface area contributed by atoms with Crippen LogP contribution in [0, 0.1) is 17.8 Å². The average Bonchev–Trinajstić information content (AvgIpc) is 2.51. The number of aromatic amines is 2. The number of H-pyrrole nitrogens is 2. The average molecular weight is 352 g/mol. The highest BCUT2D eigenvalue weighted by molar-refractivity contribution is 5.88. The van der Waals surface area contributed by atoms with E-state index in [9.17, 15) is 19.2 Å². The van der Waals surface area contributed by atoms with E-state index in [4.69, 9.17) is 9.47 Å². The van der Waals surface area contributed by atoms with Crippen LogP contribution in [0.15, 0.2) is 15.7 Å². The fraction of sp³-hybridized carbons (Fsp3) is 0.647. The molecule has 0 amide bonds. The number of hydrogen-bond acceptors (Lipinski definition) is 6. The lowest BCUT2D eigenvalue weighted by Crippen LogP contribution is -2.37. The quantitative estimate of drug-likeness (QED) is 0.769. The molecule has 0 radical (unpaired) electrons. The fourth-order valence-corrected chi connectivity index (χ4v) is 3.23. The molecule has 2 N–H and O–H groups in total. The summed E-state index contributed by atoms with van der Waals surface area (Å²) in [5, 5.41) is 0. The van der Waals surface area contributed by atoms with Crippen molar-refractivity contribution in [3.63, 3.8) is 0 Å². The molecular formula is C17H24N2O6. The standard InChI is InChI=1S/C17H24N2O6/c1-9(2)11-5-4-10(3)6-13(11)25-15(21)8-24-16(22)12-7-14(20)19-17(23)18-12/h7,9-11,13H,4-6,8H2,1-3H3,(H2,18,19,20,23)/t10-,11+,13-/m0/s1. The van der Waals surface area contributed by atoms with Crippen molar-refractivity contribution in [1.82, 2.24) is 9.97 Å². The van der Waals surface area contributed by atoms with Gasteiger partial charge in [-0.25, -0.2) is 14.4 Å². The van der Waals surface area contributed by atoms with Crippen LogP contribution in [0.4, 0.5) is 0 Å². The number of rotatable bonds is 5. The summed E-state index contributed by atoms with van der Waals surface area (Å²) in [5.41, 5.74) is -1.86. The third-order valence-corrected chi connectivity index (χ3v) is 4.55. The van der Waals surface area contributed by atoms with Gasteiger partial charge < -0.3 is 14.5 Å². The Kier molecular flexibility index (Phi) is 6.17. The van der Waals surface area contributed by atoms with E-state index < -0.39 is 29.8 Å². The number of nitrogens with one attached hydrogen (secondary N) is 2. The molecule has 138 valence electrons. The van der Waals surface area contributed by atoms with Crippen molar-refractivity contribution in [3.8, 4) is 0 Å².